The summed E-state index contributed by atoms with van der Waals surface area (Å²) in [5.41, 5.74) is -2.00. The van der Waals surface area contributed by atoms with E-state index in [0.717, 1.165) is 0 Å². The number of nitrogens with zero attached hydrogens (tertiary/aromatic N) is 2. The summed E-state index contributed by atoms with van der Waals surface area (Å²) in [7, 11) is 1.21. The Balaban J connectivity index is 2.53. The Morgan fingerprint density at radius 2 is 1.93 bits per heavy atom. The lowest BCUT2D eigenvalue weighted by Gasteiger charge is -2.44. The summed E-state index contributed by atoms with van der Waals surface area (Å²) in [4.78, 5) is 37.8. The van der Waals surface area contributed by atoms with Gasteiger partial charge in [0.25, 0.3) is 0 Å². The number of piperidine rings is 1. The third-order valence-corrected chi connectivity index (χ3v) is 5.00. The van der Waals surface area contributed by atoms with E-state index in [-0.39, 0.29) is 25.8 Å². The molecule has 1 aliphatic heterocycles. The number of likely N-dealkylation sites (tertiary alicyclic amines) is 1. The van der Waals surface area contributed by atoms with Crippen LogP contribution < -0.4 is 0 Å². The van der Waals surface area contributed by atoms with E-state index in [1.807, 2.05) is 0 Å². The predicted octanol–water partition coefficient (Wildman–Crippen LogP) is 3.87. The first kappa shape index (κ1) is 22.6. The highest BCUT2D eigenvalue weighted by Gasteiger charge is 2.57. The van der Waals surface area contributed by atoms with Crippen LogP contribution in [0.3, 0.4) is 0 Å². The van der Waals surface area contributed by atoms with Gasteiger partial charge in [0.1, 0.15) is 17.5 Å². The van der Waals surface area contributed by atoms with Crippen LogP contribution in [0.4, 0.5) is 9.18 Å². The lowest BCUT2D eigenvalue weighted by molar-refractivity contribution is -0.585. The Kier molecular flexibility index (Phi) is 6.81. The van der Waals surface area contributed by atoms with Gasteiger partial charge in [-0.05, 0) is 44.9 Å². The molecule has 1 aliphatic rings. The normalized spacial score (nSPS) is 22.1. The quantitative estimate of drug-likeness (QED) is 0.415. The van der Waals surface area contributed by atoms with Gasteiger partial charge in [-0.2, -0.15) is 0 Å². The lowest BCUT2D eigenvalue weighted by Crippen LogP contribution is -2.57. The van der Waals surface area contributed by atoms with Crippen molar-refractivity contribution >= 4 is 12.1 Å². The van der Waals surface area contributed by atoms with Gasteiger partial charge < -0.3 is 9.47 Å². The maximum absolute atomic E-state index is 13.5. The van der Waals surface area contributed by atoms with Gasteiger partial charge in [0.05, 0.1) is 13.5 Å². The van der Waals surface area contributed by atoms with Gasteiger partial charge in [-0.1, -0.05) is 12.1 Å². The zero-order chi connectivity index (χ0) is 21.8. The molecule has 0 bridgehead atoms. The second-order valence-corrected chi connectivity index (χ2v) is 8.17. The molecule has 1 aromatic carbocycles. The standard InChI is InChI=1S/C20H27FN2O6/c1-19(2,3)29-18(25)22-13-5-11-20(23(26)27,12-10-16(24)28-4)17(22)14-6-8-15(21)9-7-14/h6-9,17H,5,10-13H2,1-4H3/t17-,20-/m1/s1. The van der Waals surface area contributed by atoms with E-state index in [1.165, 1.54) is 36.3 Å². The summed E-state index contributed by atoms with van der Waals surface area (Å²) < 4.78 is 23.6. The molecule has 1 fully saturated rings. The largest absolute Gasteiger partial charge is 0.469 e. The maximum Gasteiger partial charge on any atom is 0.411 e. The van der Waals surface area contributed by atoms with Crippen LogP contribution in [0.2, 0.25) is 0 Å². The van der Waals surface area contributed by atoms with Gasteiger partial charge >= 0.3 is 12.1 Å². The molecule has 29 heavy (non-hydrogen) atoms. The van der Waals surface area contributed by atoms with Crippen molar-refractivity contribution in [3.8, 4) is 0 Å². The molecule has 0 aliphatic carbocycles. The van der Waals surface area contributed by atoms with Gasteiger partial charge in [0.2, 0.25) is 5.54 Å². The van der Waals surface area contributed by atoms with Crippen LogP contribution in [-0.4, -0.2) is 46.7 Å². The molecule has 1 aromatic rings. The molecule has 0 saturated carbocycles. The van der Waals surface area contributed by atoms with Crippen molar-refractivity contribution in [3.05, 3.63) is 45.8 Å². The fraction of sp³-hybridized carbons (Fsp3) is 0.600. The lowest BCUT2D eigenvalue weighted by atomic mass is 9.75. The molecule has 0 spiro atoms. The second-order valence-electron chi connectivity index (χ2n) is 8.17. The fourth-order valence-corrected chi connectivity index (χ4v) is 3.73. The van der Waals surface area contributed by atoms with Gasteiger partial charge in [-0.25, -0.2) is 9.18 Å². The molecule has 0 aromatic heterocycles. The molecule has 1 amide bonds. The van der Waals surface area contributed by atoms with Crippen LogP contribution >= 0.6 is 0 Å². The highest BCUT2D eigenvalue weighted by Crippen LogP contribution is 2.45. The minimum atomic E-state index is -1.62. The minimum absolute atomic E-state index is 0.117. The average molecular weight is 410 g/mol. The van der Waals surface area contributed by atoms with E-state index < -0.39 is 40.0 Å². The maximum atomic E-state index is 13.5. The zero-order valence-electron chi connectivity index (χ0n) is 17.1. The number of carbonyl (C=O) groups is 2. The summed E-state index contributed by atoms with van der Waals surface area (Å²) in [6.07, 6.45) is -0.432. The summed E-state index contributed by atoms with van der Waals surface area (Å²) in [5, 5.41) is 12.3. The van der Waals surface area contributed by atoms with Gasteiger partial charge in [-0.3, -0.25) is 19.8 Å². The molecule has 0 radical (unpaired) electrons. The predicted molar refractivity (Wildman–Crippen MR) is 102 cm³/mol. The van der Waals surface area contributed by atoms with Crippen molar-refractivity contribution in [3.63, 3.8) is 0 Å². The van der Waals surface area contributed by atoms with Crippen molar-refractivity contribution < 1.29 is 28.4 Å². The Bertz CT molecular complexity index is 761. The van der Waals surface area contributed by atoms with E-state index in [0.29, 0.717) is 12.0 Å². The highest BCUT2D eigenvalue weighted by atomic mass is 19.1. The van der Waals surface area contributed by atoms with E-state index in [2.05, 4.69) is 4.74 Å². The number of methoxy groups -OCH3 is 1. The molecule has 9 heteroatoms. The molecule has 160 valence electrons. The second kappa shape index (κ2) is 8.75. The van der Waals surface area contributed by atoms with Gasteiger partial charge in [-0.15, -0.1) is 0 Å². The van der Waals surface area contributed by atoms with Gasteiger partial charge in [0, 0.05) is 24.3 Å². The van der Waals surface area contributed by atoms with Crippen molar-refractivity contribution in [2.24, 2.45) is 0 Å². The molecule has 2 atom stereocenters. The number of esters is 1. The monoisotopic (exact) mass is 410 g/mol. The first-order valence-corrected chi connectivity index (χ1v) is 9.46. The van der Waals surface area contributed by atoms with E-state index in [1.54, 1.807) is 20.8 Å². The number of rotatable bonds is 5. The number of benzene rings is 1. The number of halogens is 1. The van der Waals surface area contributed by atoms with Crippen molar-refractivity contribution in [1.82, 2.24) is 4.90 Å². The zero-order valence-corrected chi connectivity index (χ0v) is 17.1. The average Bonchev–Trinajstić information content (AvgIpc) is 2.64. The molecule has 8 nitrogen and oxygen atoms in total. The number of ether oxygens (including phenoxy) is 2. The van der Waals surface area contributed by atoms with E-state index in [9.17, 15) is 24.1 Å². The van der Waals surface area contributed by atoms with Crippen molar-refractivity contribution in [2.45, 2.75) is 63.6 Å². The molecule has 1 heterocycles. The number of amides is 1. The minimum Gasteiger partial charge on any atom is -0.469 e. The van der Waals surface area contributed by atoms with Crippen molar-refractivity contribution in [2.75, 3.05) is 13.7 Å². The molecule has 0 N–H and O–H groups in total. The summed E-state index contributed by atoms with van der Waals surface area (Å²) in [5.74, 6) is -1.06. The number of hydrogen-bond acceptors (Lipinski definition) is 6. The number of nitro groups is 1. The van der Waals surface area contributed by atoms with Gasteiger partial charge in [0.15, 0.2) is 0 Å². The SMILES string of the molecule is COC(=O)CC[C@]1([N+](=O)[O-])CCCN(C(=O)OC(C)(C)C)[C@@H]1c1ccc(F)cc1. The first-order chi connectivity index (χ1) is 13.5. The third kappa shape index (κ3) is 5.21. The molecular formula is C20H27FN2O6. The fourth-order valence-electron chi connectivity index (χ4n) is 3.73. The molecular weight excluding hydrogens is 383 g/mol. The summed E-state index contributed by atoms with van der Waals surface area (Å²) in [6.45, 7) is 5.38. The first-order valence-electron chi connectivity index (χ1n) is 9.46. The molecule has 1 saturated heterocycles. The Labute approximate surface area is 169 Å². The third-order valence-electron chi connectivity index (χ3n) is 5.00. The van der Waals surface area contributed by atoms with Crippen LogP contribution in [0.5, 0.6) is 0 Å². The Morgan fingerprint density at radius 3 is 2.45 bits per heavy atom. The number of carbonyl (C=O) groups excluding carboxylic acids is 2. The van der Waals surface area contributed by atoms with Crippen LogP contribution in [0.1, 0.15) is 58.1 Å². The van der Waals surface area contributed by atoms with Crippen LogP contribution in [0, 0.1) is 15.9 Å². The topological polar surface area (TPSA) is 99.0 Å². The Morgan fingerprint density at radius 1 is 1.31 bits per heavy atom. The van der Waals surface area contributed by atoms with Crippen molar-refractivity contribution in [1.29, 1.82) is 0 Å². The van der Waals surface area contributed by atoms with Crippen LogP contribution in [0.15, 0.2) is 24.3 Å². The molecule has 0 unspecified atom stereocenters. The number of hydrogen-bond donors (Lipinski definition) is 0. The van der Waals surface area contributed by atoms with Crippen LogP contribution in [-0.2, 0) is 14.3 Å². The smallest absolute Gasteiger partial charge is 0.411 e. The summed E-state index contributed by atoms with van der Waals surface area (Å²) >= 11 is 0. The van der Waals surface area contributed by atoms with E-state index >= 15 is 0 Å². The van der Waals surface area contributed by atoms with Crippen LogP contribution in [0.25, 0.3) is 0 Å². The Hall–Kier alpha value is -2.71. The highest BCUT2D eigenvalue weighted by molar-refractivity contribution is 5.70. The summed E-state index contributed by atoms with van der Waals surface area (Å²) in [6, 6.07) is 4.24. The van der Waals surface area contributed by atoms with E-state index in [4.69, 9.17) is 4.74 Å². The molecule has 2 rings (SSSR count).